The first-order valence-electron chi connectivity index (χ1n) is 13.5. The van der Waals surface area contributed by atoms with Gasteiger partial charge in [0.2, 0.25) is 0 Å². The van der Waals surface area contributed by atoms with Crippen LogP contribution in [0.3, 0.4) is 0 Å². The lowest BCUT2D eigenvalue weighted by atomic mass is 9.68. The standard InChI is InChI=1S/C29H44ClF/c1-3-4-5-21-8-12-22(13-9-21)23-14-16-24(17-15-23)26-18-19-27(29(31)28(26)30)25-10-6-20(2)7-11-25/h18-25H,3-17H2,1-2H3. The van der Waals surface area contributed by atoms with E-state index in [9.17, 15) is 0 Å². The highest BCUT2D eigenvalue weighted by Crippen LogP contribution is 2.47. The maximum atomic E-state index is 15.3. The van der Waals surface area contributed by atoms with Gasteiger partial charge in [0.15, 0.2) is 0 Å². The van der Waals surface area contributed by atoms with Gasteiger partial charge in [-0.15, -0.1) is 0 Å². The number of benzene rings is 1. The van der Waals surface area contributed by atoms with Crippen LogP contribution in [0.15, 0.2) is 12.1 Å². The van der Waals surface area contributed by atoms with E-state index in [0.717, 1.165) is 47.6 Å². The molecule has 3 saturated carbocycles. The SMILES string of the molecule is CCCCC1CCC(C2CCC(c3ccc(C4CCC(C)CC4)c(F)c3Cl)CC2)CC1. The van der Waals surface area contributed by atoms with Crippen molar-refractivity contribution in [2.75, 3.05) is 0 Å². The molecule has 0 aliphatic heterocycles. The second-order valence-corrected chi connectivity index (χ2v) is 11.7. The third-order valence-electron chi connectivity index (χ3n) is 9.33. The van der Waals surface area contributed by atoms with Crippen LogP contribution >= 0.6 is 11.6 Å². The van der Waals surface area contributed by atoms with Gasteiger partial charge < -0.3 is 0 Å². The van der Waals surface area contributed by atoms with E-state index in [4.69, 9.17) is 11.6 Å². The molecule has 0 N–H and O–H groups in total. The van der Waals surface area contributed by atoms with E-state index in [1.165, 1.54) is 83.5 Å². The average molecular weight is 447 g/mol. The van der Waals surface area contributed by atoms with E-state index >= 15 is 4.39 Å². The molecule has 0 aromatic heterocycles. The summed E-state index contributed by atoms with van der Waals surface area (Å²) in [5.41, 5.74) is 1.97. The van der Waals surface area contributed by atoms with Crippen molar-refractivity contribution >= 4 is 11.6 Å². The molecule has 0 nitrogen and oxygen atoms in total. The Bertz CT molecular complexity index is 689. The molecule has 174 valence electrons. The van der Waals surface area contributed by atoms with E-state index in [1.54, 1.807) is 0 Å². The fourth-order valence-electron chi connectivity index (χ4n) is 7.12. The van der Waals surface area contributed by atoms with Crippen molar-refractivity contribution in [3.63, 3.8) is 0 Å². The summed E-state index contributed by atoms with van der Waals surface area (Å²) in [5, 5.41) is 0.441. The molecule has 0 bridgehead atoms. The fourth-order valence-corrected chi connectivity index (χ4v) is 7.45. The van der Waals surface area contributed by atoms with Crippen LogP contribution in [0, 0.1) is 29.5 Å². The monoisotopic (exact) mass is 446 g/mol. The molecule has 3 aliphatic rings. The lowest BCUT2D eigenvalue weighted by Crippen LogP contribution is -2.25. The predicted octanol–water partition coefficient (Wildman–Crippen LogP) is 10.0. The van der Waals surface area contributed by atoms with Crippen LogP contribution in [-0.4, -0.2) is 0 Å². The molecule has 0 heterocycles. The van der Waals surface area contributed by atoms with Crippen molar-refractivity contribution in [3.05, 3.63) is 34.1 Å². The highest BCUT2D eigenvalue weighted by atomic mass is 35.5. The lowest BCUT2D eigenvalue weighted by molar-refractivity contribution is 0.156. The van der Waals surface area contributed by atoms with Crippen molar-refractivity contribution in [2.24, 2.45) is 23.7 Å². The zero-order valence-electron chi connectivity index (χ0n) is 20.0. The second kappa shape index (κ2) is 11.0. The van der Waals surface area contributed by atoms with E-state index < -0.39 is 0 Å². The van der Waals surface area contributed by atoms with Crippen LogP contribution in [0.2, 0.25) is 5.02 Å². The molecule has 0 amide bonds. The quantitative estimate of drug-likeness (QED) is 0.407. The van der Waals surface area contributed by atoms with Crippen molar-refractivity contribution in [1.29, 1.82) is 0 Å². The van der Waals surface area contributed by atoms with E-state index in [2.05, 4.69) is 26.0 Å². The van der Waals surface area contributed by atoms with Crippen LogP contribution in [-0.2, 0) is 0 Å². The van der Waals surface area contributed by atoms with Crippen LogP contribution in [0.1, 0.15) is 133 Å². The van der Waals surface area contributed by atoms with Gasteiger partial charge in [0, 0.05) is 0 Å². The highest BCUT2D eigenvalue weighted by molar-refractivity contribution is 6.31. The third-order valence-corrected chi connectivity index (χ3v) is 9.72. The summed E-state index contributed by atoms with van der Waals surface area (Å²) >= 11 is 6.65. The number of hydrogen-bond acceptors (Lipinski definition) is 0. The zero-order valence-corrected chi connectivity index (χ0v) is 20.7. The molecule has 1 aromatic carbocycles. The Morgan fingerprint density at radius 3 is 1.90 bits per heavy atom. The van der Waals surface area contributed by atoms with Crippen LogP contribution in [0.5, 0.6) is 0 Å². The molecular weight excluding hydrogens is 403 g/mol. The van der Waals surface area contributed by atoms with Gasteiger partial charge in [-0.3, -0.25) is 0 Å². The van der Waals surface area contributed by atoms with Gasteiger partial charge in [-0.05, 0) is 98.0 Å². The molecule has 0 saturated heterocycles. The maximum Gasteiger partial charge on any atom is 0.145 e. The van der Waals surface area contributed by atoms with Crippen LogP contribution < -0.4 is 0 Å². The van der Waals surface area contributed by atoms with Gasteiger partial charge in [-0.2, -0.15) is 0 Å². The highest BCUT2D eigenvalue weighted by Gasteiger charge is 2.32. The molecule has 0 radical (unpaired) electrons. The maximum absolute atomic E-state index is 15.3. The average Bonchev–Trinajstić information content (AvgIpc) is 2.81. The van der Waals surface area contributed by atoms with E-state index in [0.29, 0.717) is 16.9 Å². The third kappa shape index (κ3) is 5.69. The molecule has 3 aliphatic carbocycles. The molecule has 1 aromatic rings. The molecular formula is C29H44ClF. The topological polar surface area (TPSA) is 0 Å². The van der Waals surface area contributed by atoms with Gasteiger partial charge in [-0.25, -0.2) is 4.39 Å². The first-order valence-corrected chi connectivity index (χ1v) is 13.9. The summed E-state index contributed by atoms with van der Waals surface area (Å²) in [4.78, 5) is 0. The minimum Gasteiger partial charge on any atom is -0.205 e. The van der Waals surface area contributed by atoms with Gasteiger partial charge in [-0.1, -0.05) is 82.5 Å². The van der Waals surface area contributed by atoms with Gasteiger partial charge >= 0.3 is 0 Å². The minimum atomic E-state index is -0.105. The Kier molecular flexibility index (Phi) is 8.40. The Hall–Kier alpha value is -0.560. The van der Waals surface area contributed by atoms with Gasteiger partial charge in [0.25, 0.3) is 0 Å². The zero-order chi connectivity index (χ0) is 21.8. The van der Waals surface area contributed by atoms with E-state index in [-0.39, 0.29) is 5.82 Å². The largest absolute Gasteiger partial charge is 0.205 e. The minimum absolute atomic E-state index is 0.105. The molecule has 2 heteroatoms. The first-order chi connectivity index (χ1) is 15.1. The Morgan fingerprint density at radius 2 is 1.29 bits per heavy atom. The van der Waals surface area contributed by atoms with Crippen LogP contribution in [0.25, 0.3) is 0 Å². The smallest absolute Gasteiger partial charge is 0.145 e. The number of rotatable bonds is 6. The molecule has 3 fully saturated rings. The summed E-state index contributed by atoms with van der Waals surface area (Å²) in [6.45, 7) is 4.63. The Labute approximate surface area is 195 Å². The number of hydrogen-bond donors (Lipinski definition) is 0. The molecule has 4 rings (SSSR count). The molecule has 0 atom stereocenters. The van der Waals surface area contributed by atoms with Crippen LogP contribution in [0.4, 0.5) is 4.39 Å². The predicted molar refractivity (Wildman–Crippen MR) is 131 cm³/mol. The van der Waals surface area contributed by atoms with Crippen molar-refractivity contribution < 1.29 is 4.39 Å². The number of halogens is 2. The van der Waals surface area contributed by atoms with Crippen molar-refractivity contribution in [2.45, 2.75) is 122 Å². The van der Waals surface area contributed by atoms with Crippen molar-refractivity contribution in [1.82, 2.24) is 0 Å². The summed E-state index contributed by atoms with van der Waals surface area (Å²) < 4.78 is 15.3. The molecule has 31 heavy (non-hydrogen) atoms. The Balaban J connectivity index is 1.31. The summed E-state index contributed by atoms with van der Waals surface area (Å²) in [7, 11) is 0. The summed E-state index contributed by atoms with van der Waals surface area (Å²) in [6.07, 6.45) is 19.7. The summed E-state index contributed by atoms with van der Waals surface area (Å²) in [6, 6.07) is 4.27. The normalized spacial score (nSPS) is 34.6. The molecule has 0 spiro atoms. The Morgan fingerprint density at radius 1 is 0.774 bits per heavy atom. The van der Waals surface area contributed by atoms with Gasteiger partial charge in [0.05, 0.1) is 5.02 Å². The first kappa shape index (κ1) is 23.6. The van der Waals surface area contributed by atoms with E-state index in [1.807, 2.05) is 0 Å². The lowest BCUT2D eigenvalue weighted by Gasteiger charge is -2.38. The van der Waals surface area contributed by atoms with Gasteiger partial charge in [0.1, 0.15) is 5.82 Å². The van der Waals surface area contributed by atoms with Crippen molar-refractivity contribution in [3.8, 4) is 0 Å². The number of unbranched alkanes of at least 4 members (excludes halogenated alkanes) is 1. The second-order valence-electron chi connectivity index (χ2n) is 11.4. The molecule has 0 unspecified atom stereocenters. The summed E-state index contributed by atoms with van der Waals surface area (Å²) in [5.74, 6) is 4.35. The fraction of sp³-hybridized carbons (Fsp3) is 0.793.